The zero-order valence-electron chi connectivity index (χ0n) is 13.1. The Labute approximate surface area is 160 Å². The highest BCUT2D eigenvalue weighted by molar-refractivity contribution is 7.71. The molecule has 0 saturated heterocycles. The van der Waals surface area contributed by atoms with Crippen LogP contribution in [0.1, 0.15) is 6.92 Å². The van der Waals surface area contributed by atoms with Crippen molar-refractivity contribution in [1.82, 2.24) is 9.36 Å². The summed E-state index contributed by atoms with van der Waals surface area (Å²) < 4.78 is 6.47. The average Bonchev–Trinajstić information content (AvgIpc) is 2.79. The van der Waals surface area contributed by atoms with Crippen molar-refractivity contribution in [3.05, 3.63) is 62.3 Å². The van der Waals surface area contributed by atoms with Gasteiger partial charge in [-0.15, -0.1) is 4.68 Å². The molecule has 0 bridgehead atoms. The van der Waals surface area contributed by atoms with E-state index in [4.69, 9.17) is 47.0 Å². The SMILES string of the molecule is CCn1c(-c2ccccc2)[n+](C)c(=S)n1-c1c(Cl)cc(Cl)cc1Cl. The Balaban J connectivity index is 2.38. The van der Waals surface area contributed by atoms with Crippen molar-refractivity contribution in [3.63, 3.8) is 0 Å². The monoisotopic (exact) mass is 398 g/mol. The van der Waals surface area contributed by atoms with Gasteiger partial charge in [-0.2, -0.15) is 0 Å². The van der Waals surface area contributed by atoms with E-state index < -0.39 is 0 Å². The fourth-order valence-corrected chi connectivity index (χ4v) is 4.03. The summed E-state index contributed by atoms with van der Waals surface area (Å²) >= 11 is 24.5. The van der Waals surface area contributed by atoms with Crippen LogP contribution in [0.15, 0.2) is 42.5 Å². The van der Waals surface area contributed by atoms with E-state index >= 15 is 0 Å². The number of halogens is 3. The Morgan fingerprint density at radius 3 is 2.17 bits per heavy atom. The van der Waals surface area contributed by atoms with Gasteiger partial charge >= 0.3 is 4.77 Å². The summed E-state index contributed by atoms with van der Waals surface area (Å²) in [5.74, 6) is 0.977. The molecule has 2 aromatic carbocycles. The summed E-state index contributed by atoms with van der Waals surface area (Å²) in [6, 6.07) is 13.4. The Morgan fingerprint density at radius 1 is 1.04 bits per heavy atom. The summed E-state index contributed by atoms with van der Waals surface area (Å²) in [7, 11) is 1.94. The molecule has 24 heavy (non-hydrogen) atoms. The molecule has 7 heteroatoms. The molecule has 0 N–H and O–H groups in total. The Morgan fingerprint density at radius 2 is 1.62 bits per heavy atom. The third-order valence-corrected chi connectivity index (χ3v) is 5.04. The molecule has 0 unspecified atom stereocenters. The van der Waals surface area contributed by atoms with Crippen LogP contribution in [0.5, 0.6) is 0 Å². The number of hydrogen-bond donors (Lipinski definition) is 0. The van der Waals surface area contributed by atoms with Crippen LogP contribution in [0.25, 0.3) is 17.1 Å². The third-order valence-electron chi connectivity index (χ3n) is 3.80. The molecule has 3 nitrogen and oxygen atoms in total. The van der Waals surface area contributed by atoms with Gasteiger partial charge in [-0.3, -0.25) is 0 Å². The summed E-state index contributed by atoms with van der Waals surface area (Å²) in [6.45, 7) is 2.75. The van der Waals surface area contributed by atoms with E-state index in [2.05, 4.69) is 11.6 Å². The topological polar surface area (TPSA) is 13.7 Å². The van der Waals surface area contributed by atoms with Crippen LogP contribution in [0.4, 0.5) is 0 Å². The quantitative estimate of drug-likeness (QED) is 0.420. The Hall–Kier alpha value is -1.33. The third kappa shape index (κ3) is 2.88. The van der Waals surface area contributed by atoms with E-state index in [1.165, 1.54) is 0 Å². The van der Waals surface area contributed by atoms with Crippen molar-refractivity contribution in [1.29, 1.82) is 0 Å². The van der Waals surface area contributed by atoms with Crippen LogP contribution >= 0.6 is 47.0 Å². The first-order valence-corrected chi connectivity index (χ1v) is 8.92. The lowest BCUT2D eigenvalue weighted by Gasteiger charge is -2.08. The maximum absolute atomic E-state index is 6.42. The van der Waals surface area contributed by atoms with Crippen molar-refractivity contribution >= 4 is 47.0 Å². The number of aromatic nitrogens is 3. The maximum Gasteiger partial charge on any atom is 0.331 e. The molecule has 0 aliphatic heterocycles. The van der Waals surface area contributed by atoms with Gasteiger partial charge in [0.1, 0.15) is 0 Å². The number of hydrogen-bond acceptors (Lipinski definition) is 1. The smallest absolute Gasteiger partial charge is 0.220 e. The minimum atomic E-state index is 0.455. The zero-order valence-corrected chi connectivity index (χ0v) is 16.2. The van der Waals surface area contributed by atoms with Crippen LogP contribution in [0.3, 0.4) is 0 Å². The van der Waals surface area contributed by atoms with Gasteiger partial charge in [0.2, 0.25) is 0 Å². The summed E-state index contributed by atoms with van der Waals surface area (Å²) in [4.78, 5) is 0. The predicted molar refractivity (Wildman–Crippen MR) is 102 cm³/mol. The van der Waals surface area contributed by atoms with Crippen molar-refractivity contribution in [2.45, 2.75) is 13.5 Å². The molecule has 124 valence electrons. The van der Waals surface area contributed by atoms with Gasteiger partial charge in [-0.25, -0.2) is 4.57 Å². The van der Waals surface area contributed by atoms with Crippen molar-refractivity contribution < 1.29 is 4.57 Å². The van der Waals surface area contributed by atoms with Gasteiger partial charge in [0, 0.05) is 5.02 Å². The zero-order chi connectivity index (χ0) is 17.4. The molecule has 1 aromatic heterocycles. The van der Waals surface area contributed by atoms with E-state index in [-0.39, 0.29) is 0 Å². The van der Waals surface area contributed by atoms with Crippen molar-refractivity contribution in [2.75, 3.05) is 0 Å². The molecular weight excluding hydrogens is 385 g/mol. The standard InChI is InChI=1S/C17H15Cl3N3S/c1-3-22-16(11-7-5-4-6-8-11)21(2)17(24)23(22)15-13(19)9-12(18)10-14(15)20/h4-10H,3H2,1-2H3/q+1. The number of benzene rings is 2. The van der Waals surface area contributed by atoms with Crippen LogP contribution in [0.2, 0.25) is 15.1 Å². The highest BCUT2D eigenvalue weighted by Gasteiger charge is 2.27. The minimum Gasteiger partial charge on any atom is -0.220 e. The first-order valence-electron chi connectivity index (χ1n) is 7.38. The van der Waals surface area contributed by atoms with Gasteiger partial charge in [-0.1, -0.05) is 57.7 Å². The van der Waals surface area contributed by atoms with Gasteiger partial charge in [-0.05, 0) is 43.4 Å². The van der Waals surface area contributed by atoms with Crippen LogP contribution < -0.4 is 4.57 Å². The Kier molecular flexibility index (Phi) is 5.02. The molecule has 1 heterocycles. The maximum atomic E-state index is 6.42. The lowest BCUT2D eigenvalue weighted by molar-refractivity contribution is -0.668. The highest BCUT2D eigenvalue weighted by atomic mass is 35.5. The molecular formula is C17H15Cl3N3S+. The summed E-state index contributed by atoms with van der Waals surface area (Å²) in [6.07, 6.45) is 0. The second-order valence-electron chi connectivity index (χ2n) is 5.28. The average molecular weight is 400 g/mol. The molecule has 0 aliphatic rings. The molecule has 0 amide bonds. The number of nitrogens with zero attached hydrogens (tertiary/aromatic N) is 3. The Bertz CT molecular complexity index is 938. The van der Waals surface area contributed by atoms with Crippen LogP contribution in [0, 0.1) is 4.77 Å². The normalized spacial score (nSPS) is 11.0. The highest BCUT2D eigenvalue weighted by Crippen LogP contribution is 2.33. The first-order chi connectivity index (χ1) is 11.5. The van der Waals surface area contributed by atoms with Gasteiger partial charge in [0.05, 0.1) is 29.2 Å². The fraction of sp³-hybridized carbons (Fsp3) is 0.176. The molecule has 0 saturated carbocycles. The van der Waals surface area contributed by atoms with E-state index in [0.717, 1.165) is 11.4 Å². The van der Waals surface area contributed by atoms with Gasteiger partial charge < -0.3 is 0 Å². The molecule has 0 atom stereocenters. The first kappa shape index (κ1) is 17.5. The van der Waals surface area contributed by atoms with E-state index in [1.54, 1.807) is 12.1 Å². The lowest BCUT2D eigenvalue weighted by atomic mass is 10.2. The summed E-state index contributed by atoms with van der Waals surface area (Å²) in [5, 5.41) is 1.40. The van der Waals surface area contributed by atoms with Crippen LogP contribution in [-0.4, -0.2) is 9.36 Å². The van der Waals surface area contributed by atoms with Crippen molar-refractivity contribution in [3.8, 4) is 17.1 Å². The number of rotatable bonds is 3. The second-order valence-corrected chi connectivity index (χ2v) is 6.89. The van der Waals surface area contributed by atoms with Crippen LogP contribution in [-0.2, 0) is 13.6 Å². The predicted octanol–water partition coefficient (Wildman–Crippen LogP) is 5.48. The lowest BCUT2D eigenvalue weighted by Crippen LogP contribution is -2.31. The molecule has 3 rings (SSSR count). The molecule has 0 radical (unpaired) electrons. The fourth-order valence-electron chi connectivity index (χ4n) is 2.78. The molecule has 3 aromatic rings. The largest absolute Gasteiger partial charge is 0.331 e. The van der Waals surface area contributed by atoms with E-state index in [9.17, 15) is 0 Å². The van der Waals surface area contributed by atoms with Gasteiger partial charge in [0.25, 0.3) is 5.82 Å². The van der Waals surface area contributed by atoms with Crippen molar-refractivity contribution in [2.24, 2.45) is 7.05 Å². The van der Waals surface area contributed by atoms with Gasteiger partial charge in [0.15, 0.2) is 5.69 Å². The molecule has 0 spiro atoms. The molecule has 0 aliphatic carbocycles. The second kappa shape index (κ2) is 6.89. The summed E-state index contributed by atoms with van der Waals surface area (Å²) in [5.41, 5.74) is 1.69. The van der Waals surface area contributed by atoms with E-state index in [0.29, 0.717) is 32.1 Å². The van der Waals surface area contributed by atoms with E-state index in [1.807, 2.05) is 46.6 Å². The molecule has 0 fully saturated rings. The minimum absolute atomic E-state index is 0.455.